The molecule has 0 fully saturated rings. The summed E-state index contributed by atoms with van der Waals surface area (Å²) in [6, 6.07) is 7.52. The molecule has 0 atom stereocenters. The van der Waals surface area contributed by atoms with Crippen LogP contribution in [0.1, 0.15) is 15.9 Å². The van der Waals surface area contributed by atoms with Gasteiger partial charge in [-0.2, -0.15) is 5.10 Å². The molecule has 0 bridgehead atoms. The number of hydrogen-bond donors (Lipinski definition) is 1. The fraction of sp³-hybridized carbons (Fsp3) is 0.143. The number of terminal acetylenes is 1. The van der Waals surface area contributed by atoms with Crippen molar-refractivity contribution in [2.75, 3.05) is 6.54 Å². The standard InChI is InChI=1S/C14H12ClN3O/c1-2-7-16-14(19)12-8-17-18(10-12)9-11-5-3-4-6-13(11)15/h1,3-6,8,10H,7,9H2,(H,16,19). The van der Waals surface area contributed by atoms with Crippen LogP contribution in [-0.2, 0) is 6.54 Å². The molecule has 1 N–H and O–H groups in total. The number of halogens is 1. The Balaban J connectivity index is 2.08. The van der Waals surface area contributed by atoms with Crippen molar-refractivity contribution >= 4 is 17.5 Å². The molecule has 0 saturated carbocycles. The van der Waals surface area contributed by atoms with E-state index in [0.29, 0.717) is 17.1 Å². The van der Waals surface area contributed by atoms with Gasteiger partial charge in [-0.05, 0) is 11.6 Å². The Hall–Kier alpha value is -2.25. The number of nitrogens with one attached hydrogen (secondary N) is 1. The van der Waals surface area contributed by atoms with E-state index in [0.717, 1.165) is 5.56 Å². The SMILES string of the molecule is C#CCNC(=O)c1cnn(Cc2ccccc2Cl)c1. The van der Waals surface area contributed by atoms with E-state index in [1.165, 1.54) is 6.20 Å². The van der Waals surface area contributed by atoms with Crippen LogP contribution in [0.15, 0.2) is 36.7 Å². The van der Waals surface area contributed by atoms with E-state index in [1.807, 2.05) is 24.3 Å². The summed E-state index contributed by atoms with van der Waals surface area (Å²) in [5.74, 6) is 2.11. The van der Waals surface area contributed by atoms with Crippen molar-refractivity contribution in [3.63, 3.8) is 0 Å². The van der Waals surface area contributed by atoms with Gasteiger partial charge >= 0.3 is 0 Å². The predicted molar refractivity (Wildman–Crippen MR) is 73.9 cm³/mol. The highest BCUT2D eigenvalue weighted by Crippen LogP contribution is 2.16. The van der Waals surface area contributed by atoms with E-state index < -0.39 is 0 Å². The minimum absolute atomic E-state index is 0.203. The Morgan fingerprint density at radius 3 is 3.00 bits per heavy atom. The van der Waals surface area contributed by atoms with E-state index in [4.69, 9.17) is 18.0 Å². The third kappa shape index (κ3) is 3.36. The second kappa shape index (κ2) is 6.07. The second-order valence-electron chi connectivity index (χ2n) is 3.90. The summed E-state index contributed by atoms with van der Waals surface area (Å²) in [5.41, 5.74) is 1.42. The fourth-order valence-electron chi connectivity index (χ4n) is 1.60. The van der Waals surface area contributed by atoms with Gasteiger partial charge in [-0.15, -0.1) is 6.42 Å². The van der Waals surface area contributed by atoms with Crippen LogP contribution in [-0.4, -0.2) is 22.2 Å². The summed E-state index contributed by atoms with van der Waals surface area (Å²) >= 11 is 6.07. The maximum atomic E-state index is 11.7. The molecule has 0 aliphatic rings. The summed E-state index contributed by atoms with van der Waals surface area (Å²) in [4.78, 5) is 11.7. The molecule has 1 amide bonds. The monoisotopic (exact) mass is 273 g/mol. The molecule has 1 aromatic heterocycles. The van der Waals surface area contributed by atoms with Crippen LogP contribution >= 0.6 is 11.6 Å². The van der Waals surface area contributed by atoms with E-state index >= 15 is 0 Å². The first-order valence-corrected chi connectivity index (χ1v) is 6.06. The molecule has 1 heterocycles. The smallest absolute Gasteiger partial charge is 0.255 e. The first-order chi connectivity index (χ1) is 9.20. The number of benzene rings is 1. The number of aromatic nitrogens is 2. The summed E-state index contributed by atoms with van der Waals surface area (Å²) in [5, 5.41) is 7.39. The van der Waals surface area contributed by atoms with Crippen molar-refractivity contribution in [1.29, 1.82) is 0 Å². The lowest BCUT2D eigenvalue weighted by atomic mass is 10.2. The van der Waals surface area contributed by atoms with E-state index in [1.54, 1.807) is 10.9 Å². The summed E-state index contributed by atoms with van der Waals surface area (Å²) in [6.07, 6.45) is 8.24. The number of amides is 1. The van der Waals surface area contributed by atoms with Crippen LogP contribution in [0.4, 0.5) is 0 Å². The first kappa shape index (κ1) is 13.2. The molecule has 1 aromatic carbocycles. The van der Waals surface area contributed by atoms with Crippen LogP contribution in [0.25, 0.3) is 0 Å². The van der Waals surface area contributed by atoms with Crippen LogP contribution in [0.2, 0.25) is 5.02 Å². The molecule has 4 nitrogen and oxygen atoms in total. The average molecular weight is 274 g/mol. The molecule has 0 spiro atoms. The van der Waals surface area contributed by atoms with Crippen LogP contribution in [0.5, 0.6) is 0 Å². The number of carbonyl (C=O) groups is 1. The van der Waals surface area contributed by atoms with Crippen molar-refractivity contribution in [2.45, 2.75) is 6.54 Å². The van der Waals surface area contributed by atoms with Gasteiger partial charge in [-0.3, -0.25) is 9.48 Å². The molecule has 0 aliphatic heterocycles. The zero-order valence-electron chi connectivity index (χ0n) is 10.1. The van der Waals surface area contributed by atoms with Gasteiger partial charge in [0, 0.05) is 11.2 Å². The molecule has 19 heavy (non-hydrogen) atoms. The molecular formula is C14H12ClN3O. The summed E-state index contributed by atoms with van der Waals surface area (Å²) in [6.45, 7) is 0.719. The lowest BCUT2D eigenvalue weighted by molar-refractivity contribution is 0.0958. The Bertz CT molecular complexity index is 628. The van der Waals surface area contributed by atoms with Gasteiger partial charge < -0.3 is 5.32 Å². The molecule has 0 unspecified atom stereocenters. The van der Waals surface area contributed by atoms with Crippen LogP contribution in [0.3, 0.4) is 0 Å². The minimum Gasteiger partial charge on any atom is -0.341 e. The zero-order chi connectivity index (χ0) is 13.7. The normalized spacial score (nSPS) is 9.89. The van der Waals surface area contributed by atoms with Gasteiger partial charge in [0.2, 0.25) is 0 Å². The van der Waals surface area contributed by atoms with Crippen LogP contribution in [0, 0.1) is 12.3 Å². The van der Waals surface area contributed by atoms with Gasteiger partial charge in [0.05, 0.1) is 24.8 Å². The Kier molecular flexibility index (Phi) is 4.22. The highest BCUT2D eigenvalue weighted by atomic mass is 35.5. The van der Waals surface area contributed by atoms with Gasteiger partial charge in [0.1, 0.15) is 0 Å². The number of rotatable bonds is 4. The molecule has 2 aromatic rings. The largest absolute Gasteiger partial charge is 0.341 e. The summed E-state index contributed by atoms with van der Waals surface area (Å²) in [7, 11) is 0. The quantitative estimate of drug-likeness (QED) is 0.866. The van der Waals surface area contributed by atoms with Crippen molar-refractivity contribution < 1.29 is 4.79 Å². The Morgan fingerprint density at radius 1 is 1.47 bits per heavy atom. The van der Waals surface area contributed by atoms with Crippen molar-refractivity contribution in [2.24, 2.45) is 0 Å². The Labute approximate surface area is 116 Å². The van der Waals surface area contributed by atoms with Gasteiger partial charge in [0.15, 0.2) is 0 Å². The van der Waals surface area contributed by atoms with Gasteiger partial charge in [0.25, 0.3) is 5.91 Å². The number of carbonyl (C=O) groups excluding carboxylic acids is 1. The third-order valence-corrected chi connectivity index (χ3v) is 2.91. The highest BCUT2D eigenvalue weighted by Gasteiger charge is 2.08. The zero-order valence-corrected chi connectivity index (χ0v) is 10.9. The van der Waals surface area contributed by atoms with E-state index in [9.17, 15) is 4.79 Å². The van der Waals surface area contributed by atoms with E-state index in [2.05, 4.69) is 16.3 Å². The first-order valence-electron chi connectivity index (χ1n) is 5.68. The van der Waals surface area contributed by atoms with Gasteiger partial charge in [-0.25, -0.2) is 0 Å². The minimum atomic E-state index is -0.233. The van der Waals surface area contributed by atoms with Crippen molar-refractivity contribution in [3.05, 3.63) is 52.8 Å². The molecule has 0 saturated heterocycles. The van der Waals surface area contributed by atoms with Crippen LogP contribution < -0.4 is 5.32 Å². The van der Waals surface area contributed by atoms with Crippen molar-refractivity contribution in [3.8, 4) is 12.3 Å². The predicted octanol–water partition coefficient (Wildman–Crippen LogP) is 1.95. The maximum absolute atomic E-state index is 11.7. The highest BCUT2D eigenvalue weighted by molar-refractivity contribution is 6.31. The number of hydrogen-bond acceptors (Lipinski definition) is 2. The Morgan fingerprint density at radius 2 is 2.26 bits per heavy atom. The molecule has 0 aliphatic carbocycles. The molecule has 96 valence electrons. The van der Waals surface area contributed by atoms with Gasteiger partial charge in [-0.1, -0.05) is 35.7 Å². The maximum Gasteiger partial charge on any atom is 0.255 e. The lowest BCUT2D eigenvalue weighted by Gasteiger charge is -2.03. The molecule has 0 radical (unpaired) electrons. The van der Waals surface area contributed by atoms with Crippen molar-refractivity contribution in [1.82, 2.24) is 15.1 Å². The molecule has 5 heteroatoms. The molecular weight excluding hydrogens is 262 g/mol. The lowest BCUT2D eigenvalue weighted by Crippen LogP contribution is -2.22. The fourth-order valence-corrected chi connectivity index (χ4v) is 1.80. The topological polar surface area (TPSA) is 46.9 Å². The van der Waals surface area contributed by atoms with E-state index in [-0.39, 0.29) is 12.5 Å². The summed E-state index contributed by atoms with van der Waals surface area (Å²) < 4.78 is 1.66. The third-order valence-electron chi connectivity index (χ3n) is 2.54. The molecule has 2 rings (SSSR count). The average Bonchev–Trinajstić information content (AvgIpc) is 2.87. The second-order valence-corrected chi connectivity index (χ2v) is 4.31. The number of nitrogens with zero attached hydrogens (tertiary/aromatic N) is 2.